The number of piperidine rings is 1. The van der Waals surface area contributed by atoms with E-state index < -0.39 is 0 Å². The fraction of sp³-hybridized carbons (Fsp3) is 0.929. The van der Waals surface area contributed by atoms with Crippen molar-refractivity contribution >= 4 is 30.7 Å². The van der Waals surface area contributed by atoms with Gasteiger partial charge in [0, 0.05) is 12.6 Å². The number of halogens is 2. The Bertz CT molecular complexity index is 278. The van der Waals surface area contributed by atoms with Crippen molar-refractivity contribution in [2.24, 2.45) is 5.92 Å². The number of rotatable bonds is 4. The monoisotopic (exact) mass is 325 g/mol. The lowest BCUT2D eigenvalue weighted by atomic mass is 9.98. The first-order chi connectivity index (χ1) is 8.68. The first kappa shape index (κ1) is 20.0. The molecule has 0 aromatic rings. The molecule has 2 heterocycles. The summed E-state index contributed by atoms with van der Waals surface area (Å²) in [6.07, 6.45) is 4.86. The SMILES string of the molecule is CC(C)C(C(=O)NC1CCNC1)N1CCCCC1.Cl.Cl. The number of carbonyl (C=O) groups excluding carboxylic acids is 1. The molecule has 2 aliphatic rings. The van der Waals surface area contributed by atoms with Gasteiger partial charge >= 0.3 is 0 Å². The maximum absolute atomic E-state index is 12.5. The fourth-order valence-corrected chi connectivity index (χ4v) is 3.15. The third kappa shape index (κ3) is 5.40. The highest BCUT2D eigenvalue weighted by Gasteiger charge is 2.31. The van der Waals surface area contributed by atoms with Gasteiger partial charge in [-0.3, -0.25) is 9.69 Å². The molecule has 2 fully saturated rings. The van der Waals surface area contributed by atoms with E-state index in [0.29, 0.717) is 12.0 Å². The van der Waals surface area contributed by atoms with Crippen molar-refractivity contribution in [1.29, 1.82) is 0 Å². The Hall–Kier alpha value is -0.0300. The number of likely N-dealkylation sites (tertiary alicyclic amines) is 1. The number of nitrogens with zero attached hydrogens (tertiary/aromatic N) is 1. The van der Waals surface area contributed by atoms with Crippen molar-refractivity contribution in [3.05, 3.63) is 0 Å². The van der Waals surface area contributed by atoms with Gasteiger partial charge in [0.1, 0.15) is 0 Å². The molecule has 2 N–H and O–H groups in total. The van der Waals surface area contributed by atoms with E-state index >= 15 is 0 Å². The molecule has 2 rings (SSSR count). The van der Waals surface area contributed by atoms with Crippen LogP contribution in [-0.4, -0.2) is 49.1 Å². The van der Waals surface area contributed by atoms with Gasteiger partial charge in [0.15, 0.2) is 0 Å². The van der Waals surface area contributed by atoms with E-state index in [1.54, 1.807) is 0 Å². The molecule has 0 bridgehead atoms. The Kier molecular flexibility index (Phi) is 9.81. The van der Waals surface area contributed by atoms with Gasteiger partial charge in [-0.25, -0.2) is 0 Å². The maximum Gasteiger partial charge on any atom is 0.237 e. The van der Waals surface area contributed by atoms with E-state index in [1.807, 2.05) is 0 Å². The molecule has 0 spiro atoms. The molecule has 2 atom stereocenters. The van der Waals surface area contributed by atoms with Gasteiger partial charge in [0.05, 0.1) is 6.04 Å². The molecule has 20 heavy (non-hydrogen) atoms. The van der Waals surface area contributed by atoms with Crippen LogP contribution in [0.4, 0.5) is 0 Å². The number of amides is 1. The van der Waals surface area contributed by atoms with Gasteiger partial charge in [0.25, 0.3) is 0 Å². The number of nitrogens with one attached hydrogen (secondary N) is 2. The molecule has 0 radical (unpaired) electrons. The number of carbonyl (C=O) groups is 1. The lowest BCUT2D eigenvalue weighted by Crippen LogP contribution is -2.53. The highest BCUT2D eigenvalue weighted by atomic mass is 35.5. The van der Waals surface area contributed by atoms with Crippen molar-refractivity contribution in [3.8, 4) is 0 Å². The lowest BCUT2D eigenvalue weighted by Gasteiger charge is -2.36. The molecule has 4 nitrogen and oxygen atoms in total. The average Bonchev–Trinajstić information content (AvgIpc) is 2.83. The van der Waals surface area contributed by atoms with Crippen LogP contribution in [0.25, 0.3) is 0 Å². The molecular formula is C14H29Cl2N3O. The van der Waals surface area contributed by atoms with Crippen LogP contribution in [0.5, 0.6) is 0 Å². The molecule has 2 unspecified atom stereocenters. The van der Waals surface area contributed by atoms with Crippen LogP contribution in [0, 0.1) is 5.92 Å². The van der Waals surface area contributed by atoms with Crippen LogP contribution in [0.15, 0.2) is 0 Å². The number of hydrogen-bond donors (Lipinski definition) is 2. The van der Waals surface area contributed by atoms with Gasteiger partial charge < -0.3 is 10.6 Å². The molecular weight excluding hydrogens is 297 g/mol. The minimum absolute atomic E-state index is 0. The highest BCUT2D eigenvalue weighted by Crippen LogP contribution is 2.18. The molecule has 0 saturated carbocycles. The zero-order valence-electron chi connectivity index (χ0n) is 12.6. The number of hydrogen-bond acceptors (Lipinski definition) is 3. The molecule has 2 aliphatic heterocycles. The lowest BCUT2D eigenvalue weighted by molar-refractivity contribution is -0.129. The summed E-state index contributed by atoms with van der Waals surface area (Å²) in [4.78, 5) is 14.8. The minimum atomic E-state index is 0. The van der Waals surface area contributed by atoms with Crippen LogP contribution >= 0.6 is 24.8 Å². The van der Waals surface area contributed by atoms with Gasteiger partial charge in [-0.05, 0) is 44.8 Å². The van der Waals surface area contributed by atoms with Gasteiger partial charge in [0.2, 0.25) is 5.91 Å². The van der Waals surface area contributed by atoms with Gasteiger partial charge in [-0.2, -0.15) is 0 Å². The van der Waals surface area contributed by atoms with E-state index in [4.69, 9.17) is 0 Å². The van der Waals surface area contributed by atoms with Crippen molar-refractivity contribution in [3.63, 3.8) is 0 Å². The maximum atomic E-state index is 12.5. The highest BCUT2D eigenvalue weighted by molar-refractivity contribution is 5.85. The molecule has 0 aromatic heterocycles. The summed E-state index contributed by atoms with van der Waals surface area (Å²) in [7, 11) is 0. The van der Waals surface area contributed by atoms with Crippen molar-refractivity contribution in [2.45, 2.75) is 51.6 Å². The van der Waals surface area contributed by atoms with Crippen LogP contribution in [-0.2, 0) is 4.79 Å². The third-order valence-electron chi connectivity index (χ3n) is 4.09. The van der Waals surface area contributed by atoms with Gasteiger partial charge in [-0.15, -0.1) is 24.8 Å². The first-order valence-corrected chi connectivity index (χ1v) is 7.43. The first-order valence-electron chi connectivity index (χ1n) is 7.43. The van der Waals surface area contributed by atoms with Crippen LogP contribution < -0.4 is 10.6 Å². The topological polar surface area (TPSA) is 44.4 Å². The second-order valence-electron chi connectivity index (χ2n) is 5.98. The largest absolute Gasteiger partial charge is 0.351 e. The summed E-state index contributed by atoms with van der Waals surface area (Å²) < 4.78 is 0. The van der Waals surface area contributed by atoms with Crippen molar-refractivity contribution in [2.75, 3.05) is 26.2 Å². The summed E-state index contributed by atoms with van der Waals surface area (Å²) in [5, 5.41) is 6.51. The Morgan fingerprint density at radius 2 is 1.85 bits per heavy atom. The smallest absolute Gasteiger partial charge is 0.237 e. The summed E-state index contributed by atoms with van der Waals surface area (Å²) in [6.45, 7) is 8.44. The molecule has 120 valence electrons. The molecule has 1 amide bonds. The standard InChI is InChI=1S/C14H27N3O.2ClH/c1-11(2)13(17-8-4-3-5-9-17)14(18)16-12-6-7-15-10-12;;/h11-13,15H,3-10H2,1-2H3,(H,16,18);2*1H. The minimum Gasteiger partial charge on any atom is -0.351 e. The average molecular weight is 326 g/mol. The van der Waals surface area contributed by atoms with Crippen LogP contribution in [0.2, 0.25) is 0 Å². The van der Waals surface area contributed by atoms with E-state index in [1.165, 1.54) is 19.3 Å². The van der Waals surface area contributed by atoms with E-state index in [2.05, 4.69) is 29.4 Å². The summed E-state index contributed by atoms with van der Waals surface area (Å²) in [5.74, 6) is 0.623. The zero-order valence-corrected chi connectivity index (χ0v) is 14.2. The van der Waals surface area contributed by atoms with Crippen LogP contribution in [0.3, 0.4) is 0 Å². The summed E-state index contributed by atoms with van der Waals surface area (Å²) in [5.41, 5.74) is 0. The van der Waals surface area contributed by atoms with E-state index in [-0.39, 0.29) is 36.8 Å². The second-order valence-corrected chi connectivity index (χ2v) is 5.98. The van der Waals surface area contributed by atoms with Crippen molar-refractivity contribution in [1.82, 2.24) is 15.5 Å². The molecule has 6 heteroatoms. The Morgan fingerprint density at radius 3 is 2.35 bits per heavy atom. The van der Waals surface area contributed by atoms with Gasteiger partial charge in [-0.1, -0.05) is 20.3 Å². The van der Waals surface area contributed by atoms with Crippen LogP contribution in [0.1, 0.15) is 39.5 Å². The fourth-order valence-electron chi connectivity index (χ4n) is 3.15. The summed E-state index contributed by atoms with van der Waals surface area (Å²) >= 11 is 0. The Morgan fingerprint density at radius 1 is 1.20 bits per heavy atom. The van der Waals surface area contributed by atoms with E-state index in [9.17, 15) is 4.79 Å². The van der Waals surface area contributed by atoms with Crippen molar-refractivity contribution < 1.29 is 4.79 Å². The molecule has 0 aliphatic carbocycles. The quantitative estimate of drug-likeness (QED) is 0.828. The molecule has 0 aromatic carbocycles. The summed E-state index contributed by atoms with van der Waals surface area (Å²) in [6, 6.07) is 0.398. The second kappa shape index (κ2) is 9.82. The Balaban J connectivity index is 0.00000180. The predicted molar refractivity (Wildman–Crippen MR) is 88.0 cm³/mol. The normalized spacial score (nSPS) is 24.6. The third-order valence-corrected chi connectivity index (χ3v) is 4.09. The Labute approximate surface area is 135 Å². The van der Waals surface area contributed by atoms with E-state index in [0.717, 1.165) is 32.6 Å². The molecule has 2 saturated heterocycles. The predicted octanol–water partition coefficient (Wildman–Crippen LogP) is 1.82. The zero-order chi connectivity index (χ0) is 13.0.